The van der Waals surface area contributed by atoms with Crippen molar-refractivity contribution >= 4 is 49.6 Å². The van der Waals surface area contributed by atoms with Gasteiger partial charge in [-0.15, -0.1) is 0 Å². The Labute approximate surface area is 106 Å². The third-order valence-corrected chi connectivity index (χ3v) is 2.43. The number of hydrogen-bond acceptors (Lipinski definition) is 2. The summed E-state index contributed by atoms with van der Waals surface area (Å²) in [6.07, 6.45) is 0.287. The Morgan fingerprint density at radius 1 is 1.00 bits per heavy atom. The third-order valence-electron chi connectivity index (χ3n) is 1.70. The van der Waals surface area contributed by atoms with Crippen molar-refractivity contribution < 1.29 is 9.59 Å². The molecular weight excluding hydrogens is 303 g/mol. The van der Waals surface area contributed by atoms with Gasteiger partial charge in [0.2, 0.25) is 10.5 Å². The summed E-state index contributed by atoms with van der Waals surface area (Å²) in [5.74, 6) is 0. The van der Waals surface area contributed by atoms with Gasteiger partial charge in [0.05, 0.1) is 0 Å². The van der Waals surface area contributed by atoms with E-state index in [0.29, 0.717) is 0 Å². The molecule has 0 aliphatic carbocycles. The third kappa shape index (κ3) is 4.78. The Bertz CT molecular complexity index is 370. The Balaban J connectivity index is 2.94. The van der Waals surface area contributed by atoms with Gasteiger partial charge >= 0.3 is 0 Å². The number of carbonyl (C=O) groups is 2. The van der Waals surface area contributed by atoms with Crippen LogP contribution in [0.2, 0.25) is 0 Å². The second-order valence-corrected chi connectivity index (χ2v) is 4.79. The van der Waals surface area contributed by atoms with Crippen molar-refractivity contribution in [1.82, 2.24) is 0 Å². The predicted octanol–water partition coefficient (Wildman–Crippen LogP) is 3.06. The first-order chi connectivity index (χ1) is 6.97. The average molecular weight is 310 g/mol. The maximum atomic E-state index is 10.7. The molecule has 15 heavy (non-hydrogen) atoms. The van der Waals surface area contributed by atoms with Gasteiger partial charge < -0.3 is 0 Å². The van der Waals surface area contributed by atoms with Gasteiger partial charge in [0.25, 0.3) is 0 Å². The summed E-state index contributed by atoms with van der Waals surface area (Å²) in [5.41, 5.74) is 1.52. The fourth-order valence-corrected chi connectivity index (χ4v) is 2.14. The van der Waals surface area contributed by atoms with Crippen LogP contribution in [0.25, 0.3) is 0 Å². The van der Waals surface area contributed by atoms with Crippen LogP contribution < -0.4 is 0 Å². The van der Waals surface area contributed by atoms with Gasteiger partial charge in [-0.05, 0) is 46.5 Å². The number of carbonyl (C=O) groups excluding carboxylic acids is 2. The first-order valence-electron chi connectivity index (χ1n) is 4.12. The van der Waals surface area contributed by atoms with E-state index < -0.39 is 10.5 Å². The summed E-state index contributed by atoms with van der Waals surface area (Å²) >= 11 is 13.8. The van der Waals surface area contributed by atoms with Crippen LogP contribution in [0.4, 0.5) is 0 Å². The van der Waals surface area contributed by atoms with Gasteiger partial charge in [0, 0.05) is 17.3 Å². The lowest BCUT2D eigenvalue weighted by atomic mass is 10.1. The summed E-state index contributed by atoms with van der Waals surface area (Å²) in [4.78, 5) is 21.4. The topological polar surface area (TPSA) is 34.1 Å². The van der Waals surface area contributed by atoms with Crippen LogP contribution in [-0.4, -0.2) is 10.5 Å². The van der Waals surface area contributed by atoms with E-state index in [-0.39, 0.29) is 12.8 Å². The number of rotatable bonds is 4. The summed E-state index contributed by atoms with van der Waals surface area (Å²) in [7, 11) is 0. The van der Waals surface area contributed by atoms with E-state index in [2.05, 4.69) is 15.9 Å². The Kier molecular flexibility index (Phi) is 4.77. The molecule has 0 saturated heterocycles. The largest absolute Gasteiger partial charge is 0.281 e. The van der Waals surface area contributed by atoms with E-state index in [1.807, 2.05) is 0 Å². The molecule has 0 aromatic heterocycles. The molecule has 0 amide bonds. The van der Waals surface area contributed by atoms with E-state index >= 15 is 0 Å². The quantitative estimate of drug-likeness (QED) is 0.801. The lowest BCUT2D eigenvalue weighted by Crippen LogP contribution is -1.98. The monoisotopic (exact) mass is 308 g/mol. The van der Waals surface area contributed by atoms with Crippen LogP contribution >= 0.6 is 39.1 Å². The molecule has 0 heterocycles. The summed E-state index contributed by atoms with van der Waals surface area (Å²) in [6, 6.07) is 5.30. The highest BCUT2D eigenvalue weighted by Crippen LogP contribution is 2.18. The molecular formula is C10H7BrCl2O2. The summed E-state index contributed by atoms with van der Waals surface area (Å²) < 4.78 is 0.797. The molecule has 0 aliphatic rings. The molecule has 5 heteroatoms. The fourth-order valence-electron chi connectivity index (χ4n) is 1.24. The van der Waals surface area contributed by atoms with Crippen molar-refractivity contribution in [3.63, 3.8) is 0 Å². The van der Waals surface area contributed by atoms with Crippen molar-refractivity contribution in [2.75, 3.05) is 0 Å². The molecule has 0 aliphatic heterocycles. The van der Waals surface area contributed by atoms with Crippen molar-refractivity contribution in [2.24, 2.45) is 0 Å². The molecule has 2 nitrogen and oxygen atoms in total. The standard InChI is InChI=1S/C10H7BrCl2O2/c11-8-2-6(4-9(12)14)1-7(3-8)5-10(13)15/h1-3H,4-5H2. The first-order valence-corrected chi connectivity index (χ1v) is 5.67. The maximum Gasteiger partial charge on any atom is 0.226 e. The average Bonchev–Trinajstić information content (AvgIpc) is 1.98. The maximum absolute atomic E-state index is 10.7. The van der Waals surface area contributed by atoms with Crippen molar-refractivity contribution in [3.05, 3.63) is 33.8 Å². The minimum Gasteiger partial charge on any atom is -0.281 e. The van der Waals surface area contributed by atoms with Crippen molar-refractivity contribution in [1.29, 1.82) is 0 Å². The summed E-state index contributed by atoms with van der Waals surface area (Å²) in [5, 5.41) is -0.868. The van der Waals surface area contributed by atoms with E-state index in [9.17, 15) is 9.59 Å². The highest BCUT2D eigenvalue weighted by Gasteiger charge is 2.05. The van der Waals surface area contributed by atoms with Crippen LogP contribution in [0.15, 0.2) is 22.7 Å². The molecule has 80 valence electrons. The number of hydrogen-bond donors (Lipinski definition) is 0. The fraction of sp³-hybridized carbons (Fsp3) is 0.200. The van der Waals surface area contributed by atoms with Crippen LogP contribution in [0.1, 0.15) is 11.1 Å². The van der Waals surface area contributed by atoms with Crippen LogP contribution in [-0.2, 0) is 22.4 Å². The van der Waals surface area contributed by atoms with Crippen molar-refractivity contribution in [3.8, 4) is 0 Å². The van der Waals surface area contributed by atoms with Gasteiger partial charge in [-0.2, -0.15) is 0 Å². The minimum absolute atomic E-state index is 0.143. The zero-order chi connectivity index (χ0) is 11.4. The zero-order valence-electron chi connectivity index (χ0n) is 7.60. The Morgan fingerprint density at radius 3 is 1.73 bits per heavy atom. The van der Waals surface area contributed by atoms with Gasteiger partial charge in [-0.3, -0.25) is 9.59 Å². The summed E-state index contributed by atoms with van der Waals surface area (Å²) in [6.45, 7) is 0. The molecule has 1 rings (SSSR count). The van der Waals surface area contributed by atoms with Crippen LogP contribution in [0.5, 0.6) is 0 Å². The highest BCUT2D eigenvalue weighted by atomic mass is 79.9. The molecule has 1 aromatic rings. The van der Waals surface area contributed by atoms with Gasteiger partial charge in [0.15, 0.2) is 0 Å². The van der Waals surface area contributed by atoms with Crippen LogP contribution in [0.3, 0.4) is 0 Å². The minimum atomic E-state index is -0.434. The van der Waals surface area contributed by atoms with Gasteiger partial charge in [-0.1, -0.05) is 22.0 Å². The van der Waals surface area contributed by atoms with E-state index in [1.165, 1.54) is 0 Å². The first kappa shape index (κ1) is 12.7. The van der Waals surface area contributed by atoms with Crippen molar-refractivity contribution in [2.45, 2.75) is 12.8 Å². The molecule has 0 spiro atoms. The molecule has 0 saturated carbocycles. The number of benzene rings is 1. The molecule has 0 unspecified atom stereocenters. The molecule has 0 N–H and O–H groups in total. The molecule has 0 atom stereocenters. The molecule has 0 bridgehead atoms. The van der Waals surface area contributed by atoms with Gasteiger partial charge in [0.1, 0.15) is 0 Å². The van der Waals surface area contributed by atoms with E-state index in [1.54, 1.807) is 18.2 Å². The predicted molar refractivity (Wildman–Crippen MR) is 63.3 cm³/mol. The van der Waals surface area contributed by atoms with E-state index in [4.69, 9.17) is 23.2 Å². The SMILES string of the molecule is O=C(Cl)Cc1cc(Br)cc(CC(=O)Cl)c1. The second kappa shape index (κ2) is 5.64. The van der Waals surface area contributed by atoms with Gasteiger partial charge in [-0.25, -0.2) is 0 Å². The van der Waals surface area contributed by atoms with Crippen LogP contribution in [0, 0.1) is 0 Å². The highest BCUT2D eigenvalue weighted by molar-refractivity contribution is 9.10. The Morgan fingerprint density at radius 2 is 1.40 bits per heavy atom. The number of halogens is 3. The normalized spacial score (nSPS) is 10.1. The van der Waals surface area contributed by atoms with E-state index in [0.717, 1.165) is 15.6 Å². The Hall–Kier alpha value is -0.380. The molecule has 1 aromatic carbocycles. The lowest BCUT2D eigenvalue weighted by Gasteiger charge is -2.03. The lowest BCUT2D eigenvalue weighted by molar-refractivity contribution is -0.111. The molecule has 0 fully saturated rings. The second-order valence-electron chi connectivity index (χ2n) is 3.03. The smallest absolute Gasteiger partial charge is 0.226 e. The zero-order valence-corrected chi connectivity index (χ0v) is 10.7. The molecule has 0 radical (unpaired) electrons.